The van der Waals surface area contributed by atoms with Gasteiger partial charge in [-0.2, -0.15) is 0 Å². The summed E-state index contributed by atoms with van der Waals surface area (Å²) in [5.41, 5.74) is -0.285. The number of ketones is 1. The normalized spacial score (nSPS) is 10.8. The molecule has 0 unspecified atom stereocenters. The summed E-state index contributed by atoms with van der Waals surface area (Å²) in [5, 5.41) is 3.31. The van der Waals surface area contributed by atoms with Crippen LogP contribution in [-0.4, -0.2) is 31.2 Å². The van der Waals surface area contributed by atoms with Crippen LogP contribution in [0.15, 0.2) is 5.16 Å². The summed E-state index contributed by atoms with van der Waals surface area (Å²) in [6, 6.07) is 0. The molecule has 0 saturated carbocycles. The van der Waals surface area contributed by atoms with E-state index in [1.807, 2.05) is 0 Å². The minimum absolute atomic E-state index is 0.195. The molecular weight excluding hydrogens is 174 g/mol. The van der Waals surface area contributed by atoms with Gasteiger partial charge in [0.1, 0.15) is 7.11 Å². The van der Waals surface area contributed by atoms with Crippen molar-refractivity contribution in [1.82, 2.24) is 0 Å². The van der Waals surface area contributed by atoms with E-state index in [9.17, 15) is 9.59 Å². The predicted octanol–water partition coefficient (Wildman–Crippen LogP) is 0.531. The van der Waals surface area contributed by atoms with Crippen LogP contribution in [0, 0.1) is 0 Å². The number of nitrogens with zero attached hydrogens (tertiary/aromatic N) is 1. The second-order valence-electron chi connectivity index (χ2n) is 2.12. The van der Waals surface area contributed by atoms with Crippen molar-refractivity contribution in [2.75, 3.05) is 13.7 Å². The van der Waals surface area contributed by atoms with Crippen molar-refractivity contribution in [3.05, 3.63) is 0 Å². The third-order valence-electron chi connectivity index (χ3n) is 1.24. The zero-order valence-corrected chi connectivity index (χ0v) is 7.99. The Balaban J connectivity index is 4.52. The Hall–Kier alpha value is -1.39. The lowest BCUT2D eigenvalue weighted by Crippen LogP contribution is -2.26. The van der Waals surface area contributed by atoms with Gasteiger partial charge >= 0.3 is 5.97 Å². The van der Waals surface area contributed by atoms with Crippen molar-refractivity contribution in [2.45, 2.75) is 20.3 Å². The first-order chi connectivity index (χ1) is 6.17. The highest BCUT2D eigenvalue weighted by Gasteiger charge is 2.20. The summed E-state index contributed by atoms with van der Waals surface area (Å²) >= 11 is 0. The third-order valence-corrected chi connectivity index (χ3v) is 1.24. The van der Waals surface area contributed by atoms with Gasteiger partial charge in [-0.15, -0.1) is 0 Å². The molecule has 0 heterocycles. The van der Waals surface area contributed by atoms with Gasteiger partial charge in [-0.1, -0.05) is 12.1 Å². The lowest BCUT2D eigenvalue weighted by atomic mass is 10.2. The fraction of sp³-hybridized carbons (Fsp3) is 0.625. The number of rotatable bonds is 5. The monoisotopic (exact) mass is 187 g/mol. The van der Waals surface area contributed by atoms with Gasteiger partial charge in [0.2, 0.25) is 5.71 Å². The lowest BCUT2D eigenvalue weighted by Gasteiger charge is -2.01. The summed E-state index contributed by atoms with van der Waals surface area (Å²) in [6.45, 7) is 3.49. The van der Waals surface area contributed by atoms with Crippen LogP contribution in [0.5, 0.6) is 0 Å². The summed E-state index contributed by atoms with van der Waals surface area (Å²) in [4.78, 5) is 26.5. The molecule has 0 aliphatic carbocycles. The van der Waals surface area contributed by atoms with E-state index in [0.717, 1.165) is 0 Å². The van der Waals surface area contributed by atoms with E-state index in [1.165, 1.54) is 7.11 Å². The zero-order chi connectivity index (χ0) is 10.3. The molecule has 13 heavy (non-hydrogen) atoms. The average Bonchev–Trinajstić information content (AvgIpc) is 2.13. The van der Waals surface area contributed by atoms with Crippen LogP contribution in [0.3, 0.4) is 0 Å². The van der Waals surface area contributed by atoms with E-state index in [2.05, 4.69) is 14.7 Å². The Morgan fingerprint density at radius 2 is 1.92 bits per heavy atom. The molecule has 0 aromatic rings. The van der Waals surface area contributed by atoms with Crippen LogP contribution in [-0.2, 0) is 19.2 Å². The maximum atomic E-state index is 11.1. The first-order valence-electron chi connectivity index (χ1n) is 3.98. The molecule has 0 spiro atoms. The van der Waals surface area contributed by atoms with E-state index in [1.54, 1.807) is 13.8 Å². The van der Waals surface area contributed by atoms with Gasteiger partial charge < -0.3 is 9.57 Å². The Morgan fingerprint density at radius 3 is 2.31 bits per heavy atom. The smallest absolute Gasteiger partial charge is 0.364 e. The maximum absolute atomic E-state index is 11.1. The molecule has 5 heteroatoms. The number of hydrogen-bond acceptors (Lipinski definition) is 5. The van der Waals surface area contributed by atoms with Crippen LogP contribution in [0.2, 0.25) is 0 Å². The summed E-state index contributed by atoms with van der Waals surface area (Å²) in [7, 11) is 1.27. The van der Waals surface area contributed by atoms with Gasteiger partial charge in [0, 0.05) is 6.42 Å². The Morgan fingerprint density at radius 1 is 1.31 bits per heavy atom. The molecular formula is C8H13NO4. The van der Waals surface area contributed by atoms with Crippen LogP contribution in [0.1, 0.15) is 20.3 Å². The molecule has 5 nitrogen and oxygen atoms in total. The van der Waals surface area contributed by atoms with Crippen molar-refractivity contribution in [1.29, 1.82) is 0 Å². The number of Topliss-reactive ketones (excluding diaryl/α,β-unsaturated/α-hetero) is 1. The van der Waals surface area contributed by atoms with E-state index < -0.39 is 5.97 Å². The summed E-state index contributed by atoms with van der Waals surface area (Å²) in [6.07, 6.45) is 0.195. The first-order valence-corrected chi connectivity index (χ1v) is 3.98. The van der Waals surface area contributed by atoms with E-state index in [4.69, 9.17) is 0 Å². The Bertz CT molecular complexity index is 222. The number of carbonyl (C=O) groups excluding carboxylic acids is 2. The van der Waals surface area contributed by atoms with Gasteiger partial charge in [0.05, 0.1) is 6.61 Å². The molecule has 0 atom stereocenters. The number of hydrogen-bond donors (Lipinski definition) is 0. The molecule has 0 N–H and O–H groups in total. The molecule has 74 valence electrons. The van der Waals surface area contributed by atoms with E-state index in [-0.39, 0.29) is 24.5 Å². The molecule has 0 aromatic heterocycles. The predicted molar refractivity (Wildman–Crippen MR) is 46.4 cm³/mol. The first kappa shape index (κ1) is 11.6. The maximum Gasteiger partial charge on any atom is 0.364 e. The molecule has 0 aromatic carbocycles. The van der Waals surface area contributed by atoms with Gasteiger partial charge in [-0.25, -0.2) is 4.79 Å². The average molecular weight is 187 g/mol. The third kappa shape index (κ3) is 3.68. The number of carbonyl (C=O) groups is 2. The molecule has 0 fully saturated rings. The molecule has 0 aliphatic rings. The minimum atomic E-state index is -0.740. The number of oxime groups is 1. The van der Waals surface area contributed by atoms with Gasteiger partial charge in [-0.3, -0.25) is 4.79 Å². The molecule has 0 aliphatic heterocycles. The van der Waals surface area contributed by atoms with E-state index in [0.29, 0.717) is 0 Å². The van der Waals surface area contributed by atoms with Crippen molar-refractivity contribution >= 4 is 17.5 Å². The molecule has 0 amide bonds. The fourth-order valence-corrected chi connectivity index (χ4v) is 0.660. The van der Waals surface area contributed by atoms with E-state index >= 15 is 0 Å². The second-order valence-corrected chi connectivity index (χ2v) is 2.12. The minimum Gasteiger partial charge on any atom is -0.461 e. The van der Waals surface area contributed by atoms with Crippen molar-refractivity contribution in [3.8, 4) is 0 Å². The Kier molecular flexibility index (Phi) is 5.50. The summed E-state index contributed by atoms with van der Waals surface area (Å²) < 4.78 is 4.61. The van der Waals surface area contributed by atoms with Gasteiger partial charge in [-0.05, 0) is 6.92 Å². The Labute approximate surface area is 76.7 Å². The molecule has 0 rings (SSSR count). The van der Waals surface area contributed by atoms with Crippen LogP contribution < -0.4 is 0 Å². The quantitative estimate of drug-likeness (QED) is 0.272. The van der Waals surface area contributed by atoms with Crippen LogP contribution >= 0.6 is 0 Å². The van der Waals surface area contributed by atoms with Gasteiger partial charge in [0.25, 0.3) is 0 Å². The number of esters is 1. The van der Waals surface area contributed by atoms with Crippen molar-refractivity contribution in [3.63, 3.8) is 0 Å². The van der Waals surface area contributed by atoms with Crippen LogP contribution in [0.25, 0.3) is 0 Å². The topological polar surface area (TPSA) is 65.0 Å². The van der Waals surface area contributed by atoms with Crippen LogP contribution in [0.4, 0.5) is 0 Å². The van der Waals surface area contributed by atoms with Gasteiger partial charge in [0.15, 0.2) is 5.78 Å². The highest BCUT2D eigenvalue weighted by molar-refractivity contribution is 6.64. The highest BCUT2D eigenvalue weighted by Crippen LogP contribution is 1.92. The summed E-state index contributed by atoms with van der Waals surface area (Å²) in [5.74, 6) is -1.13. The lowest BCUT2D eigenvalue weighted by molar-refractivity contribution is -0.136. The van der Waals surface area contributed by atoms with Crippen molar-refractivity contribution in [2.24, 2.45) is 5.16 Å². The molecule has 0 saturated heterocycles. The highest BCUT2D eigenvalue weighted by atomic mass is 16.6. The van der Waals surface area contributed by atoms with Crippen molar-refractivity contribution < 1.29 is 19.2 Å². The molecule has 0 bridgehead atoms. The standard InChI is InChI=1S/C8H13NO4/c1-4-6(10)7(9-12-3)8(11)13-5-2/h4-5H2,1-3H3. The molecule has 0 radical (unpaired) electrons. The zero-order valence-electron chi connectivity index (χ0n) is 7.99. The largest absolute Gasteiger partial charge is 0.461 e. The SMILES string of the molecule is CCOC(=O)C(=NOC)C(=O)CC. The number of ether oxygens (including phenoxy) is 1. The fourth-order valence-electron chi connectivity index (χ4n) is 0.660. The second kappa shape index (κ2) is 6.16.